The SMILES string of the molecule is Cc1cccc(CN(C)C(=O)c2ccc(-c3cc(-c4nnc(C)o4)ccc3C)cc2)c1. The minimum Gasteiger partial charge on any atom is -0.421 e. The molecule has 156 valence electrons. The Bertz CT molecular complexity index is 1230. The molecule has 0 spiro atoms. The van der Waals surface area contributed by atoms with Crippen molar-refractivity contribution in [3.05, 3.63) is 94.9 Å². The summed E-state index contributed by atoms with van der Waals surface area (Å²) >= 11 is 0. The third-order valence-electron chi connectivity index (χ3n) is 5.30. The van der Waals surface area contributed by atoms with E-state index in [2.05, 4.69) is 36.2 Å². The average molecular weight is 412 g/mol. The van der Waals surface area contributed by atoms with Crippen LogP contribution in [0, 0.1) is 20.8 Å². The molecule has 4 rings (SSSR count). The number of aromatic nitrogens is 2. The maximum absolute atomic E-state index is 12.9. The number of carbonyl (C=O) groups is 1. The van der Waals surface area contributed by atoms with Crippen LogP contribution in [0.3, 0.4) is 0 Å². The van der Waals surface area contributed by atoms with E-state index in [1.165, 1.54) is 5.56 Å². The van der Waals surface area contributed by atoms with E-state index in [0.717, 1.165) is 27.8 Å². The Labute approximate surface area is 182 Å². The third kappa shape index (κ3) is 4.56. The summed E-state index contributed by atoms with van der Waals surface area (Å²) < 4.78 is 5.56. The van der Waals surface area contributed by atoms with Gasteiger partial charge in [0.2, 0.25) is 11.8 Å². The number of hydrogen-bond donors (Lipinski definition) is 0. The van der Waals surface area contributed by atoms with Crippen LogP contribution in [0.2, 0.25) is 0 Å². The minimum atomic E-state index is -0.000126. The van der Waals surface area contributed by atoms with Crippen LogP contribution >= 0.6 is 0 Å². The predicted molar refractivity (Wildman–Crippen MR) is 122 cm³/mol. The zero-order valence-corrected chi connectivity index (χ0v) is 18.2. The largest absolute Gasteiger partial charge is 0.421 e. The van der Waals surface area contributed by atoms with Crippen molar-refractivity contribution in [2.24, 2.45) is 0 Å². The van der Waals surface area contributed by atoms with Gasteiger partial charge in [-0.15, -0.1) is 10.2 Å². The van der Waals surface area contributed by atoms with Crippen molar-refractivity contribution in [3.63, 3.8) is 0 Å². The van der Waals surface area contributed by atoms with Crippen molar-refractivity contribution in [2.75, 3.05) is 7.05 Å². The maximum Gasteiger partial charge on any atom is 0.253 e. The fraction of sp³-hybridized carbons (Fsp3) is 0.192. The van der Waals surface area contributed by atoms with Crippen LogP contribution in [0.5, 0.6) is 0 Å². The van der Waals surface area contributed by atoms with E-state index in [0.29, 0.717) is 23.9 Å². The predicted octanol–water partition coefficient (Wildman–Crippen LogP) is 5.60. The van der Waals surface area contributed by atoms with E-state index in [1.807, 2.05) is 61.6 Å². The van der Waals surface area contributed by atoms with E-state index < -0.39 is 0 Å². The van der Waals surface area contributed by atoms with Crippen LogP contribution in [0.4, 0.5) is 0 Å². The lowest BCUT2D eigenvalue weighted by Crippen LogP contribution is -2.26. The summed E-state index contributed by atoms with van der Waals surface area (Å²) in [5.41, 5.74) is 7.09. The molecule has 0 aliphatic rings. The summed E-state index contributed by atoms with van der Waals surface area (Å²) in [6.07, 6.45) is 0. The number of nitrogens with zero attached hydrogens (tertiary/aromatic N) is 3. The van der Waals surface area contributed by atoms with Gasteiger partial charge >= 0.3 is 0 Å². The lowest BCUT2D eigenvalue weighted by atomic mass is 9.97. The number of amides is 1. The molecule has 0 N–H and O–H groups in total. The molecule has 0 aliphatic carbocycles. The van der Waals surface area contributed by atoms with Crippen LogP contribution in [0.15, 0.2) is 71.1 Å². The topological polar surface area (TPSA) is 59.2 Å². The first kappa shape index (κ1) is 20.5. The smallest absolute Gasteiger partial charge is 0.253 e. The number of rotatable bonds is 5. The molecular weight excluding hydrogens is 386 g/mol. The number of benzene rings is 3. The molecule has 5 heteroatoms. The van der Waals surface area contributed by atoms with Crippen molar-refractivity contribution in [3.8, 4) is 22.6 Å². The Morgan fingerprint density at radius 2 is 1.65 bits per heavy atom. The van der Waals surface area contributed by atoms with Gasteiger partial charge in [-0.25, -0.2) is 0 Å². The molecule has 3 aromatic carbocycles. The first-order valence-corrected chi connectivity index (χ1v) is 10.2. The zero-order chi connectivity index (χ0) is 22.0. The van der Waals surface area contributed by atoms with E-state index in [1.54, 1.807) is 11.8 Å². The summed E-state index contributed by atoms with van der Waals surface area (Å²) in [7, 11) is 1.83. The molecule has 0 unspecified atom stereocenters. The second-order valence-corrected chi connectivity index (χ2v) is 7.88. The molecule has 5 nitrogen and oxygen atoms in total. The monoisotopic (exact) mass is 411 g/mol. The highest BCUT2D eigenvalue weighted by atomic mass is 16.4. The van der Waals surface area contributed by atoms with Crippen molar-refractivity contribution in [1.82, 2.24) is 15.1 Å². The molecule has 0 fully saturated rings. The van der Waals surface area contributed by atoms with E-state index in [9.17, 15) is 4.79 Å². The standard InChI is InChI=1S/C26H25N3O2/c1-17-6-5-7-20(14-17)16-29(4)26(30)22-12-10-21(11-13-22)24-15-23(9-8-18(24)2)25-28-27-19(3)31-25/h5-15H,16H2,1-4H3. The molecule has 0 saturated carbocycles. The second kappa shape index (κ2) is 8.56. The van der Waals surface area contributed by atoms with Crippen molar-refractivity contribution >= 4 is 5.91 Å². The summed E-state index contributed by atoms with van der Waals surface area (Å²) in [6.45, 7) is 6.47. The van der Waals surface area contributed by atoms with E-state index in [4.69, 9.17) is 4.42 Å². The zero-order valence-electron chi connectivity index (χ0n) is 18.2. The fourth-order valence-corrected chi connectivity index (χ4v) is 3.65. The van der Waals surface area contributed by atoms with Crippen LogP contribution in [-0.2, 0) is 6.54 Å². The van der Waals surface area contributed by atoms with Gasteiger partial charge < -0.3 is 9.32 Å². The molecule has 31 heavy (non-hydrogen) atoms. The highest BCUT2D eigenvalue weighted by Gasteiger charge is 2.14. The second-order valence-electron chi connectivity index (χ2n) is 7.88. The minimum absolute atomic E-state index is 0.000126. The van der Waals surface area contributed by atoms with Gasteiger partial charge in [-0.05, 0) is 60.4 Å². The number of hydrogen-bond acceptors (Lipinski definition) is 4. The highest BCUT2D eigenvalue weighted by Crippen LogP contribution is 2.29. The fourth-order valence-electron chi connectivity index (χ4n) is 3.65. The maximum atomic E-state index is 12.9. The molecule has 4 aromatic rings. The third-order valence-corrected chi connectivity index (χ3v) is 5.30. The Hall–Kier alpha value is -3.73. The Balaban J connectivity index is 1.54. The first-order chi connectivity index (χ1) is 14.9. The van der Waals surface area contributed by atoms with Crippen LogP contribution in [0.1, 0.15) is 32.9 Å². The Morgan fingerprint density at radius 1 is 0.903 bits per heavy atom. The van der Waals surface area contributed by atoms with Crippen molar-refractivity contribution < 1.29 is 9.21 Å². The summed E-state index contributed by atoms with van der Waals surface area (Å²) in [6, 6.07) is 22.0. The molecule has 0 atom stereocenters. The molecule has 1 aromatic heterocycles. The van der Waals surface area contributed by atoms with Gasteiger partial charge in [-0.3, -0.25) is 4.79 Å². The molecule has 0 bridgehead atoms. The van der Waals surface area contributed by atoms with Gasteiger partial charge in [-0.2, -0.15) is 0 Å². The van der Waals surface area contributed by atoms with Crippen molar-refractivity contribution in [1.29, 1.82) is 0 Å². The van der Waals surface area contributed by atoms with Gasteiger partial charge in [0.15, 0.2) is 0 Å². The molecule has 0 aliphatic heterocycles. The van der Waals surface area contributed by atoms with Gasteiger partial charge in [-0.1, -0.05) is 48.0 Å². The van der Waals surface area contributed by atoms with E-state index >= 15 is 0 Å². The Kier molecular flexibility index (Phi) is 5.67. The van der Waals surface area contributed by atoms with Gasteiger partial charge in [0.1, 0.15) is 0 Å². The summed E-state index contributed by atoms with van der Waals surface area (Å²) in [4.78, 5) is 14.6. The summed E-state index contributed by atoms with van der Waals surface area (Å²) in [5.74, 6) is 1.04. The van der Waals surface area contributed by atoms with Gasteiger partial charge in [0.05, 0.1) is 0 Å². The quantitative estimate of drug-likeness (QED) is 0.429. The molecule has 0 saturated heterocycles. The lowest BCUT2D eigenvalue weighted by molar-refractivity contribution is 0.0785. The molecule has 0 radical (unpaired) electrons. The van der Waals surface area contributed by atoms with Crippen LogP contribution in [0.25, 0.3) is 22.6 Å². The van der Waals surface area contributed by atoms with Crippen LogP contribution < -0.4 is 0 Å². The van der Waals surface area contributed by atoms with Crippen molar-refractivity contribution in [2.45, 2.75) is 27.3 Å². The highest BCUT2D eigenvalue weighted by molar-refractivity contribution is 5.94. The lowest BCUT2D eigenvalue weighted by Gasteiger charge is -2.18. The molecule has 1 amide bonds. The van der Waals surface area contributed by atoms with Gasteiger partial charge in [0, 0.05) is 31.6 Å². The van der Waals surface area contributed by atoms with Gasteiger partial charge in [0.25, 0.3) is 5.91 Å². The number of aryl methyl sites for hydroxylation is 3. The summed E-state index contributed by atoms with van der Waals surface area (Å²) in [5, 5.41) is 8.02. The normalized spacial score (nSPS) is 10.8. The number of carbonyl (C=O) groups excluding carboxylic acids is 1. The van der Waals surface area contributed by atoms with E-state index in [-0.39, 0.29) is 5.91 Å². The molecule has 1 heterocycles. The average Bonchev–Trinajstić information content (AvgIpc) is 3.20. The van der Waals surface area contributed by atoms with Crippen LogP contribution in [-0.4, -0.2) is 28.1 Å². The molecular formula is C26H25N3O2. The Morgan fingerprint density at radius 3 is 2.32 bits per heavy atom. The first-order valence-electron chi connectivity index (χ1n) is 10.2.